The van der Waals surface area contributed by atoms with Gasteiger partial charge in [-0.15, -0.1) is 0 Å². The van der Waals surface area contributed by atoms with Gasteiger partial charge in [-0.2, -0.15) is 0 Å². The van der Waals surface area contributed by atoms with Crippen LogP contribution in [0.5, 0.6) is 0 Å². The Labute approximate surface area is 182 Å². The lowest BCUT2D eigenvalue weighted by atomic mass is 9.84. The van der Waals surface area contributed by atoms with Crippen LogP contribution in [0.1, 0.15) is 61.7 Å². The second kappa shape index (κ2) is 9.56. The number of nitrogens with two attached hydrogens (primary N) is 2. The topological polar surface area (TPSA) is 118 Å². The summed E-state index contributed by atoms with van der Waals surface area (Å²) in [7, 11) is -1.04. The first kappa shape index (κ1) is 21.6. The molecule has 28 heavy (non-hydrogen) atoms. The molecule has 0 bridgehead atoms. The van der Waals surface area contributed by atoms with Crippen LogP contribution in [0.15, 0.2) is 33.5 Å². The van der Waals surface area contributed by atoms with E-state index in [4.69, 9.17) is 21.5 Å². The van der Waals surface area contributed by atoms with Crippen LogP contribution < -0.4 is 11.5 Å². The Morgan fingerprint density at radius 2 is 1.43 bits per heavy atom. The summed E-state index contributed by atoms with van der Waals surface area (Å²) < 4.78 is 1.46. The van der Waals surface area contributed by atoms with Gasteiger partial charge < -0.3 is 21.5 Å². The van der Waals surface area contributed by atoms with Crippen molar-refractivity contribution in [2.24, 2.45) is 0 Å². The predicted molar refractivity (Wildman–Crippen MR) is 120 cm³/mol. The van der Waals surface area contributed by atoms with Crippen LogP contribution in [-0.4, -0.2) is 27.1 Å². The minimum atomic E-state index is -1.04. The van der Waals surface area contributed by atoms with Gasteiger partial charge in [0.05, 0.1) is 17.1 Å². The average Bonchev–Trinajstić information content (AvgIpc) is 3.49. The van der Waals surface area contributed by atoms with Gasteiger partial charge in [0.2, 0.25) is 0 Å². The molecule has 0 atom stereocenters. The third-order valence-corrected chi connectivity index (χ3v) is 5.90. The molecule has 0 aromatic carbocycles. The Morgan fingerprint density at radius 1 is 0.821 bits per heavy atom. The largest absolute Gasteiger partial charge is 0.454 e. The van der Waals surface area contributed by atoms with Gasteiger partial charge in [0.1, 0.15) is 9.21 Å². The minimum Gasteiger partial charge on any atom is -0.427 e. The molecule has 2 heterocycles. The van der Waals surface area contributed by atoms with Crippen molar-refractivity contribution < 1.29 is 10.0 Å². The van der Waals surface area contributed by atoms with E-state index in [1.807, 2.05) is 6.07 Å². The van der Waals surface area contributed by atoms with Crippen molar-refractivity contribution >= 4 is 50.4 Å². The number of hydrogen-bond donors (Lipinski definition) is 4. The molecule has 3 aliphatic rings. The first-order chi connectivity index (χ1) is 13.3. The number of nitrogen functional groups attached to an aromatic ring is 2. The van der Waals surface area contributed by atoms with E-state index < -0.39 is 7.12 Å². The summed E-state index contributed by atoms with van der Waals surface area (Å²) in [4.78, 5) is 8.65. The molecule has 0 radical (unpaired) electrons. The van der Waals surface area contributed by atoms with E-state index in [1.165, 1.54) is 37.1 Å². The number of hydrogen-bond acceptors (Lipinski definition) is 6. The van der Waals surface area contributed by atoms with Crippen LogP contribution in [0.2, 0.25) is 5.82 Å². The smallest absolute Gasteiger partial charge is 0.427 e. The van der Waals surface area contributed by atoms with Crippen molar-refractivity contribution in [3.05, 3.63) is 44.9 Å². The van der Waals surface area contributed by atoms with Gasteiger partial charge in [0, 0.05) is 17.5 Å². The molecule has 6 N–H and O–H groups in total. The van der Waals surface area contributed by atoms with Crippen molar-refractivity contribution in [1.82, 2.24) is 9.97 Å². The SMILES string of the molecule is Nc1ccc(Br)nc1Br.Nc1ccc(C2CC2)nc1C1CC1.OB(O)C1CC1. The van der Waals surface area contributed by atoms with Gasteiger partial charge in [-0.1, -0.05) is 12.8 Å². The number of pyridine rings is 2. The summed E-state index contributed by atoms with van der Waals surface area (Å²) in [5, 5.41) is 16.5. The van der Waals surface area contributed by atoms with Gasteiger partial charge in [0.25, 0.3) is 0 Å². The molecule has 0 amide bonds. The maximum absolute atomic E-state index is 8.25. The van der Waals surface area contributed by atoms with E-state index in [1.54, 1.807) is 12.1 Å². The number of anilines is 2. The van der Waals surface area contributed by atoms with Gasteiger partial charge in [-0.3, -0.25) is 4.98 Å². The van der Waals surface area contributed by atoms with Crippen molar-refractivity contribution in [1.29, 1.82) is 0 Å². The Kier molecular flexibility index (Phi) is 7.36. The predicted octanol–water partition coefficient (Wildman–Crippen LogP) is 4.23. The molecular weight excluding hydrogens is 487 g/mol. The van der Waals surface area contributed by atoms with Crippen molar-refractivity contribution in [3.8, 4) is 0 Å². The van der Waals surface area contributed by atoms with Crippen LogP contribution in [0, 0.1) is 0 Å². The summed E-state index contributed by atoms with van der Waals surface area (Å²) >= 11 is 6.38. The van der Waals surface area contributed by atoms with Gasteiger partial charge in [-0.25, -0.2) is 4.98 Å². The Balaban J connectivity index is 0.000000131. The fraction of sp³-hybridized carbons (Fsp3) is 0.474. The molecule has 9 heteroatoms. The lowest BCUT2D eigenvalue weighted by molar-refractivity contribution is 0.403. The number of nitrogens with zero attached hydrogens (tertiary/aromatic N) is 2. The lowest BCUT2D eigenvalue weighted by Crippen LogP contribution is -2.09. The average molecular weight is 512 g/mol. The van der Waals surface area contributed by atoms with Crippen LogP contribution in [0.4, 0.5) is 11.4 Å². The van der Waals surface area contributed by atoms with E-state index in [-0.39, 0.29) is 5.82 Å². The van der Waals surface area contributed by atoms with E-state index in [2.05, 4.69) is 47.9 Å². The summed E-state index contributed by atoms with van der Waals surface area (Å²) in [5.74, 6) is 1.64. The minimum absolute atomic E-state index is 0.213. The zero-order valence-electron chi connectivity index (χ0n) is 15.6. The van der Waals surface area contributed by atoms with E-state index in [0.717, 1.165) is 29.1 Å². The fourth-order valence-corrected chi connectivity index (χ4v) is 3.48. The van der Waals surface area contributed by atoms with Crippen molar-refractivity contribution in [2.45, 2.75) is 56.2 Å². The van der Waals surface area contributed by atoms with Crippen molar-refractivity contribution in [3.63, 3.8) is 0 Å². The highest BCUT2D eigenvalue weighted by Gasteiger charge is 2.33. The monoisotopic (exact) mass is 510 g/mol. The standard InChI is InChI=1S/C11H14N2.C5H4Br2N2.C3H7BO2/c12-9-5-6-10(7-1-2-7)13-11(9)8-3-4-8;6-4-2-1-3(8)5(7)9-4;5-4(6)3-1-2-3/h5-8H,1-4,12H2;1-2H,8H2;3,5-6H,1-2H2. The van der Waals surface area contributed by atoms with Crippen LogP contribution in [0.25, 0.3) is 0 Å². The third kappa shape index (κ3) is 6.72. The number of aromatic nitrogens is 2. The maximum atomic E-state index is 8.25. The Morgan fingerprint density at radius 3 is 1.86 bits per heavy atom. The number of rotatable bonds is 3. The van der Waals surface area contributed by atoms with Crippen LogP contribution >= 0.6 is 31.9 Å². The molecule has 2 aromatic heterocycles. The molecule has 0 aliphatic heterocycles. The molecule has 0 spiro atoms. The molecule has 0 unspecified atom stereocenters. The van der Waals surface area contributed by atoms with Gasteiger partial charge in [0.15, 0.2) is 0 Å². The zero-order valence-corrected chi connectivity index (χ0v) is 18.7. The number of halogens is 2. The molecule has 0 saturated heterocycles. The second-order valence-electron chi connectivity index (χ2n) is 7.52. The molecule has 5 rings (SSSR count). The highest BCUT2D eigenvalue weighted by atomic mass is 79.9. The third-order valence-electron chi connectivity index (χ3n) is 4.83. The zero-order chi connectivity index (χ0) is 20.3. The lowest BCUT2D eigenvalue weighted by Gasteiger charge is -2.05. The fourth-order valence-electron chi connectivity index (χ4n) is 2.61. The summed E-state index contributed by atoms with van der Waals surface area (Å²) in [5.41, 5.74) is 15.3. The summed E-state index contributed by atoms with van der Waals surface area (Å²) in [6.07, 6.45) is 7.20. The highest BCUT2D eigenvalue weighted by molar-refractivity contribution is 9.11. The molecule has 3 aliphatic carbocycles. The molecular formula is C19H25BBr2N4O2. The first-order valence-corrected chi connectivity index (χ1v) is 11.1. The van der Waals surface area contributed by atoms with E-state index >= 15 is 0 Å². The van der Waals surface area contributed by atoms with Crippen molar-refractivity contribution in [2.75, 3.05) is 11.5 Å². The summed E-state index contributed by atoms with van der Waals surface area (Å²) in [6, 6.07) is 7.70. The quantitative estimate of drug-likeness (QED) is 0.362. The molecule has 2 aromatic rings. The van der Waals surface area contributed by atoms with Gasteiger partial charge >= 0.3 is 7.12 Å². The first-order valence-electron chi connectivity index (χ1n) is 9.55. The molecule has 150 valence electrons. The molecule has 3 fully saturated rings. The summed E-state index contributed by atoms with van der Waals surface area (Å²) in [6.45, 7) is 0. The van der Waals surface area contributed by atoms with E-state index in [0.29, 0.717) is 16.2 Å². The van der Waals surface area contributed by atoms with Gasteiger partial charge in [-0.05, 0) is 87.6 Å². The van der Waals surface area contributed by atoms with E-state index in [9.17, 15) is 0 Å². The Bertz CT molecular complexity index is 813. The molecule has 3 saturated carbocycles. The van der Waals surface area contributed by atoms with Crippen LogP contribution in [0.3, 0.4) is 0 Å². The maximum Gasteiger partial charge on any atom is 0.454 e. The second-order valence-corrected chi connectivity index (χ2v) is 9.09. The normalized spacial score (nSPS) is 17.7. The molecule has 6 nitrogen and oxygen atoms in total. The highest BCUT2D eigenvalue weighted by Crippen LogP contribution is 2.44. The van der Waals surface area contributed by atoms with Crippen LogP contribution in [-0.2, 0) is 0 Å². The Hall–Kier alpha value is -1.16.